The van der Waals surface area contributed by atoms with E-state index in [1.54, 1.807) is 31.3 Å². The van der Waals surface area contributed by atoms with Crippen molar-refractivity contribution in [2.75, 3.05) is 0 Å². The molecule has 0 fully saturated rings. The second-order valence-electron chi connectivity index (χ2n) is 3.49. The van der Waals surface area contributed by atoms with Gasteiger partial charge < -0.3 is 0 Å². The first-order valence-corrected chi connectivity index (χ1v) is 7.69. The number of rotatable bonds is 4. The van der Waals surface area contributed by atoms with E-state index in [4.69, 9.17) is 11.6 Å². The van der Waals surface area contributed by atoms with Crippen molar-refractivity contribution in [2.24, 2.45) is 0 Å². The van der Waals surface area contributed by atoms with Crippen LogP contribution in [0.4, 0.5) is 0 Å². The maximum Gasteiger partial charge on any atom is 0.252 e. The Morgan fingerprint density at radius 3 is 2.78 bits per heavy atom. The molecule has 1 N–H and O–H groups in total. The number of hydrogen-bond acceptors (Lipinski definition) is 5. The molecule has 2 aromatic heterocycles. The van der Waals surface area contributed by atoms with Crippen LogP contribution < -0.4 is 4.72 Å². The van der Waals surface area contributed by atoms with Gasteiger partial charge in [-0.3, -0.25) is 4.98 Å². The first-order valence-electron chi connectivity index (χ1n) is 5.01. The zero-order valence-corrected chi connectivity index (χ0v) is 11.8. The second-order valence-corrected chi connectivity index (χ2v) is 7.03. The van der Waals surface area contributed by atoms with Gasteiger partial charge in [-0.25, -0.2) is 18.1 Å². The summed E-state index contributed by atoms with van der Waals surface area (Å²) in [4.78, 5) is 7.92. The quantitative estimate of drug-likeness (QED) is 0.937. The average molecular weight is 304 g/mol. The normalized spacial score (nSPS) is 11.7. The van der Waals surface area contributed by atoms with Gasteiger partial charge in [-0.05, 0) is 19.1 Å². The molecule has 0 aliphatic carbocycles. The molecule has 0 saturated heterocycles. The summed E-state index contributed by atoms with van der Waals surface area (Å²) in [5, 5.41) is 0. The first-order chi connectivity index (χ1) is 8.49. The Hall–Kier alpha value is -1.02. The van der Waals surface area contributed by atoms with Crippen LogP contribution in [-0.2, 0) is 16.6 Å². The van der Waals surface area contributed by atoms with E-state index in [1.807, 2.05) is 0 Å². The van der Waals surface area contributed by atoms with Gasteiger partial charge in [-0.15, -0.1) is 0 Å². The molecule has 2 rings (SSSR count). The predicted octanol–water partition coefficient (Wildman–Crippen LogP) is 1.98. The number of nitrogens with zero attached hydrogens (tertiary/aromatic N) is 2. The molecule has 0 bridgehead atoms. The summed E-state index contributed by atoms with van der Waals surface area (Å²) in [7, 11) is -3.59. The molecule has 0 radical (unpaired) electrons. The first kappa shape index (κ1) is 13.4. The molecular formula is C10H10ClN3O2S2. The molecule has 0 aromatic carbocycles. The predicted molar refractivity (Wildman–Crippen MR) is 70.1 cm³/mol. The van der Waals surface area contributed by atoms with E-state index in [-0.39, 0.29) is 15.2 Å². The third kappa shape index (κ3) is 3.05. The van der Waals surface area contributed by atoms with Crippen molar-refractivity contribution >= 4 is 33.0 Å². The van der Waals surface area contributed by atoms with Gasteiger partial charge in [0.15, 0.2) is 8.68 Å². The van der Waals surface area contributed by atoms with Gasteiger partial charge in [0.05, 0.1) is 17.9 Å². The molecule has 2 heterocycles. The Kier molecular flexibility index (Phi) is 3.96. The lowest BCUT2D eigenvalue weighted by Gasteiger charge is -2.04. The smallest absolute Gasteiger partial charge is 0.252 e. The van der Waals surface area contributed by atoms with Crippen LogP contribution in [0.2, 0.25) is 4.47 Å². The van der Waals surface area contributed by atoms with E-state index in [0.717, 1.165) is 11.3 Å². The highest BCUT2D eigenvalue weighted by atomic mass is 35.5. The maximum absolute atomic E-state index is 12.0. The Bertz CT molecular complexity index is 640. The molecule has 0 amide bonds. The van der Waals surface area contributed by atoms with Gasteiger partial charge in [0.2, 0.25) is 0 Å². The van der Waals surface area contributed by atoms with Crippen molar-refractivity contribution in [3.63, 3.8) is 0 Å². The minimum Gasteiger partial charge on any atom is -0.260 e. The van der Waals surface area contributed by atoms with Crippen LogP contribution >= 0.6 is 22.9 Å². The topological polar surface area (TPSA) is 72.0 Å². The average Bonchev–Trinajstić information content (AvgIpc) is 2.68. The lowest BCUT2D eigenvalue weighted by atomic mass is 10.4. The van der Waals surface area contributed by atoms with Crippen molar-refractivity contribution in [3.05, 3.63) is 40.3 Å². The van der Waals surface area contributed by atoms with Gasteiger partial charge in [-0.1, -0.05) is 29.0 Å². The SMILES string of the molecule is Cc1nc(Cl)sc1S(=O)(=O)NCc1ccccn1. The van der Waals surface area contributed by atoms with E-state index >= 15 is 0 Å². The van der Waals surface area contributed by atoms with Crippen molar-refractivity contribution < 1.29 is 8.42 Å². The summed E-state index contributed by atoms with van der Waals surface area (Å²) in [5.74, 6) is 0. The molecule has 0 unspecified atom stereocenters. The van der Waals surface area contributed by atoms with Crippen LogP contribution in [0.25, 0.3) is 0 Å². The summed E-state index contributed by atoms with van der Waals surface area (Å²) in [6.45, 7) is 1.75. The Morgan fingerprint density at radius 1 is 1.44 bits per heavy atom. The number of pyridine rings is 1. The minimum atomic E-state index is -3.59. The number of aryl methyl sites for hydroxylation is 1. The van der Waals surface area contributed by atoms with Crippen LogP contribution in [0.5, 0.6) is 0 Å². The van der Waals surface area contributed by atoms with Gasteiger partial charge in [0.25, 0.3) is 10.0 Å². The molecule has 0 aliphatic heterocycles. The zero-order chi connectivity index (χ0) is 13.2. The van der Waals surface area contributed by atoms with Gasteiger partial charge in [-0.2, -0.15) is 0 Å². The Labute approximate surface area is 114 Å². The van der Waals surface area contributed by atoms with Crippen LogP contribution in [-0.4, -0.2) is 18.4 Å². The highest BCUT2D eigenvalue weighted by Gasteiger charge is 2.21. The van der Waals surface area contributed by atoms with Crippen LogP contribution in [0, 0.1) is 6.92 Å². The van der Waals surface area contributed by atoms with E-state index < -0.39 is 10.0 Å². The number of sulfonamides is 1. The number of hydrogen-bond donors (Lipinski definition) is 1. The molecule has 18 heavy (non-hydrogen) atoms. The summed E-state index contributed by atoms with van der Waals surface area (Å²) in [5.41, 5.74) is 1.05. The molecule has 8 heteroatoms. The summed E-state index contributed by atoms with van der Waals surface area (Å²) in [6.07, 6.45) is 1.61. The summed E-state index contributed by atoms with van der Waals surface area (Å²) in [6, 6.07) is 5.31. The third-order valence-electron chi connectivity index (χ3n) is 2.14. The number of halogens is 1. The molecule has 2 aromatic rings. The molecule has 96 valence electrons. The second kappa shape index (κ2) is 5.31. The Balaban J connectivity index is 2.16. The highest BCUT2D eigenvalue weighted by molar-refractivity contribution is 7.91. The van der Waals surface area contributed by atoms with E-state index in [9.17, 15) is 8.42 Å². The lowest BCUT2D eigenvalue weighted by molar-refractivity contribution is 0.582. The molecule has 0 aliphatic rings. The summed E-state index contributed by atoms with van der Waals surface area (Å²) >= 11 is 6.63. The standard InChI is InChI=1S/C10H10ClN3O2S2/c1-7-9(17-10(11)14-7)18(15,16)13-6-8-4-2-3-5-12-8/h2-5,13H,6H2,1H3. The van der Waals surface area contributed by atoms with E-state index in [1.165, 1.54) is 0 Å². The molecule has 0 spiro atoms. The Morgan fingerprint density at radius 2 is 2.22 bits per heavy atom. The molecule has 0 saturated carbocycles. The zero-order valence-electron chi connectivity index (χ0n) is 9.42. The van der Waals surface area contributed by atoms with Crippen LogP contribution in [0.1, 0.15) is 11.4 Å². The number of nitrogens with one attached hydrogen (secondary N) is 1. The summed E-state index contributed by atoms with van der Waals surface area (Å²) < 4.78 is 26.8. The maximum atomic E-state index is 12.0. The fourth-order valence-electron chi connectivity index (χ4n) is 1.34. The third-order valence-corrected chi connectivity index (χ3v) is 5.41. The van der Waals surface area contributed by atoms with Crippen molar-refractivity contribution in [1.82, 2.24) is 14.7 Å². The number of thiazole rings is 1. The monoisotopic (exact) mass is 303 g/mol. The van der Waals surface area contributed by atoms with Crippen molar-refractivity contribution in [1.29, 1.82) is 0 Å². The largest absolute Gasteiger partial charge is 0.260 e. The number of aromatic nitrogens is 2. The minimum absolute atomic E-state index is 0.137. The van der Waals surface area contributed by atoms with Crippen molar-refractivity contribution in [3.8, 4) is 0 Å². The van der Waals surface area contributed by atoms with Gasteiger partial charge in [0, 0.05) is 6.20 Å². The lowest BCUT2D eigenvalue weighted by Crippen LogP contribution is -2.23. The van der Waals surface area contributed by atoms with Crippen LogP contribution in [0.15, 0.2) is 28.6 Å². The fourth-order valence-corrected chi connectivity index (χ4v) is 4.12. The van der Waals surface area contributed by atoms with Crippen LogP contribution in [0.3, 0.4) is 0 Å². The van der Waals surface area contributed by atoms with Crippen molar-refractivity contribution in [2.45, 2.75) is 17.7 Å². The fraction of sp³-hybridized carbons (Fsp3) is 0.200. The van der Waals surface area contributed by atoms with E-state index in [0.29, 0.717) is 11.4 Å². The molecule has 5 nitrogen and oxygen atoms in total. The van der Waals surface area contributed by atoms with Gasteiger partial charge in [0.1, 0.15) is 0 Å². The molecule has 0 atom stereocenters. The van der Waals surface area contributed by atoms with Gasteiger partial charge >= 0.3 is 0 Å². The highest BCUT2D eigenvalue weighted by Crippen LogP contribution is 2.26. The molecular weight excluding hydrogens is 294 g/mol. The van der Waals surface area contributed by atoms with E-state index in [2.05, 4.69) is 14.7 Å².